The molecule has 3 saturated heterocycles. The fourth-order valence-corrected chi connectivity index (χ4v) is 5.41. The molecule has 1 atom stereocenters. The molecule has 4 rings (SSSR count). The van der Waals surface area contributed by atoms with Crippen LogP contribution < -0.4 is 4.90 Å². The molecule has 0 aliphatic carbocycles. The Bertz CT molecular complexity index is 1020. The van der Waals surface area contributed by atoms with Gasteiger partial charge in [0.25, 0.3) is 0 Å². The summed E-state index contributed by atoms with van der Waals surface area (Å²) in [7, 11) is -0.563. The van der Waals surface area contributed by atoms with Crippen molar-refractivity contribution < 1.29 is 32.4 Å². The van der Waals surface area contributed by atoms with Crippen LogP contribution in [0.4, 0.5) is 19.3 Å². The molecule has 0 saturated carbocycles. The molecule has 3 aliphatic heterocycles. The number of benzene rings is 1. The van der Waals surface area contributed by atoms with Gasteiger partial charge in [0.05, 0.1) is 16.7 Å². The lowest BCUT2D eigenvalue weighted by Gasteiger charge is -2.53. The summed E-state index contributed by atoms with van der Waals surface area (Å²) in [6, 6.07) is 3.56. The summed E-state index contributed by atoms with van der Waals surface area (Å²) in [5.41, 5.74) is -2.08. The summed E-state index contributed by atoms with van der Waals surface area (Å²) in [5, 5.41) is 0. The van der Waals surface area contributed by atoms with Crippen LogP contribution in [-0.4, -0.2) is 59.5 Å². The Morgan fingerprint density at radius 2 is 1.64 bits per heavy atom. The van der Waals surface area contributed by atoms with Crippen molar-refractivity contribution in [3.05, 3.63) is 29.8 Å². The van der Waals surface area contributed by atoms with E-state index in [0.29, 0.717) is 38.0 Å². The van der Waals surface area contributed by atoms with Crippen LogP contribution in [0, 0.1) is 11.6 Å². The molecule has 3 heterocycles. The van der Waals surface area contributed by atoms with Gasteiger partial charge in [-0.25, -0.2) is 13.6 Å². The van der Waals surface area contributed by atoms with Gasteiger partial charge in [0, 0.05) is 37.1 Å². The molecule has 1 aromatic rings. The van der Waals surface area contributed by atoms with Gasteiger partial charge in [0.2, 0.25) is 5.91 Å². The zero-order valence-electron chi connectivity index (χ0n) is 22.3. The highest BCUT2D eigenvalue weighted by Crippen LogP contribution is 2.50. The molecule has 0 radical (unpaired) electrons. The highest BCUT2D eigenvalue weighted by molar-refractivity contribution is 6.48. The topological polar surface area (TPSA) is 68.3 Å². The van der Waals surface area contributed by atoms with Crippen LogP contribution in [0.5, 0.6) is 0 Å². The summed E-state index contributed by atoms with van der Waals surface area (Å²) >= 11 is 0. The highest BCUT2D eigenvalue weighted by Gasteiger charge is 2.58. The van der Waals surface area contributed by atoms with E-state index in [-0.39, 0.29) is 18.1 Å². The number of hydrogen-bond acceptors (Lipinski definition) is 5. The Morgan fingerprint density at radius 3 is 2.17 bits per heavy atom. The smallest absolute Gasteiger partial charge is 0.444 e. The number of carbonyl (C=O) groups is 2. The van der Waals surface area contributed by atoms with Gasteiger partial charge in [-0.1, -0.05) is 0 Å². The standard InChI is InChI=1S/C26H37BF2N2O5/c1-23(2,3)34-22(33)30-12-10-26(11-13-30)16-17(27-35-24(4,5)25(6,7)36-27)14-21(32)31(26)18-8-9-19(28)20(29)15-18/h8-9,15,17H,10-14,16H2,1-7H3. The summed E-state index contributed by atoms with van der Waals surface area (Å²) < 4.78 is 46.0. The first-order valence-corrected chi connectivity index (χ1v) is 12.7. The number of likely N-dealkylation sites (tertiary alicyclic amines) is 1. The number of nitrogens with zero attached hydrogens (tertiary/aromatic N) is 2. The number of halogens is 2. The van der Waals surface area contributed by atoms with Gasteiger partial charge in [-0.15, -0.1) is 0 Å². The maximum absolute atomic E-state index is 14.2. The Kier molecular flexibility index (Phi) is 6.70. The quantitative estimate of drug-likeness (QED) is 0.508. The van der Waals surface area contributed by atoms with Gasteiger partial charge in [0.15, 0.2) is 11.6 Å². The second-order valence-electron chi connectivity index (χ2n) is 12.3. The third-order valence-corrected chi connectivity index (χ3v) is 7.97. The summed E-state index contributed by atoms with van der Waals surface area (Å²) in [6.07, 6.45) is 1.24. The van der Waals surface area contributed by atoms with E-state index in [1.54, 1.807) is 9.80 Å². The first-order valence-electron chi connectivity index (χ1n) is 12.7. The molecule has 198 valence electrons. The number of ether oxygens (including phenoxy) is 1. The van der Waals surface area contributed by atoms with E-state index in [9.17, 15) is 18.4 Å². The van der Waals surface area contributed by atoms with E-state index in [0.717, 1.165) is 12.1 Å². The van der Waals surface area contributed by atoms with E-state index < -0.39 is 47.2 Å². The zero-order chi connectivity index (χ0) is 26.7. The molecular formula is C26H37BF2N2O5. The van der Waals surface area contributed by atoms with Crippen molar-refractivity contribution >= 4 is 24.8 Å². The lowest BCUT2D eigenvalue weighted by atomic mass is 9.60. The van der Waals surface area contributed by atoms with Crippen LogP contribution in [0.15, 0.2) is 18.2 Å². The largest absolute Gasteiger partial charge is 0.461 e. The van der Waals surface area contributed by atoms with E-state index >= 15 is 0 Å². The molecule has 3 aliphatic rings. The van der Waals surface area contributed by atoms with Crippen molar-refractivity contribution in [2.75, 3.05) is 18.0 Å². The zero-order valence-corrected chi connectivity index (χ0v) is 22.3. The molecule has 3 fully saturated rings. The lowest BCUT2D eigenvalue weighted by molar-refractivity contribution is -0.122. The average Bonchev–Trinajstić information content (AvgIpc) is 2.96. The number of piperidine rings is 2. The van der Waals surface area contributed by atoms with E-state index in [4.69, 9.17) is 14.0 Å². The Hall–Kier alpha value is -2.20. The average molecular weight is 506 g/mol. The summed E-state index contributed by atoms with van der Waals surface area (Å²) in [6.45, 7) is 14.1. The molecule has 7 nitrogen and oxygen atoms in total. The van der Waals surface area contributed by atoms with Gasteiger partial charge in [0.1, 0.15) is 5.60 Å². The lowest BCUT2D eigenvalue weighted by Crippen LogP contribution is -2.62. The summed E-state index contributed by atoms with van der Waals surface area (Å²) in [4.78, 5) is 29.6. The predicted molar refractivity (Wildman–Crippen MR) is 133 cm³/mol. The van der Waals surface area contributed by atoms with Crippen LogP contribution in [0.1, 0.15) is 74.1 Å². The van der Waals surface area contributed by atoms with Crippen molar-refractivity contribution in [1.29, 1.82) is 0 Å². The van der Waals surface area contributed by atoms with Gasteiger partial charge < -0.3 is 23.8 Å². The minimum absolute atomic E-state index is 0.160. The third kappa shape index (κ3) is 4.99. The van der Waals surface area contributed by atoms with Crippen molar-refractivity contribution in [1.82, 2.24) is 4.90 Å². The number of anilines is 1. The van der Waals surface area contributed by atoms with Gasteiger partial charge >= 0.3 is 13.2 Å². The number of carbonyl (C=O) groups excluding carboxylic acids is 2. The van der Waals surface area contributed by atoms with Gasteiger partial charge in [-0.3, -0.25) is 4.79 Å². The molecule has 0 N–H and O–H groups in total. The monoisotopic (exact) mass is 506 g/mol. The number of rotatable bonds is 2. The maximum atomic E-state index is 14.2. The molecule has 10 heteroatoms. The van der Waals surface area contributed by atoms with Gasteiger partial charge in [-0.05, 0) is 79.9 Å². The molecular weight excluding hydrogens is 469 g/mol. The minimum atomic E-state index is -1.00. The normalized spacial score (nSPS) is 25.4. The first-order chi connectivity index (χ1) is 16.5. The Labute approximate surface area is 212 Å². The SMILES string of the molecule is CC(C)(C)OC(=O)N1CCC2(CC1)CC(B1OC(C)(C)C(C)(C)O1)CC(=O)N2c1ccc(F)c(F)c1. The Balaban J connectivity index is 1.63. The molecule has 0 aromatic heterocycles. The van der Waals surface area contributed by atoms with Gasteiger partial charge in [-0.2, -0.15) is 0 Å². The minimum Gasteiger partial charge on any atom is -0.444 e. The first kappa shape index (κ1) is 26.9. The van der Waals surface area contributed by atoms with Crippen molar-refractivity contribution in [2.24, 2.45) is 0 Å². The number of amides is 2. The van der Waals surface area contributed by atoms with Crippen LogP contribution in [-0.2, 0) is 18.8 Å². The third-order valence-electron chi connectivity index (χ3n) is 7.97. The fourth-order valence-electron chi connectivity index (χ4n) is 5.41. The highest BCUT2D eigenvalue weighted by atomic mass is 19.2. The van der Waals surface area contributed by atoms with E-state index in [1.807, 2.05) is 48.5 Å². The fraction of sp³-hybridized carbons (Fsp3) is 0.692. The Morgan fingerprint density at radius 1 is 1.06 bits per heavy atom. The molecule has 1 unspecified atom stereocenters. The molecule has 0 bridgehead atoms. The van der Waals surface area contributed by atoms with Crippen molar-refractivity contribution in [3.63, 3.8) is 0 Å². The second kappa shape index (κ2) is 8.98. The van der Waals surface area contributed by atoms with Crippen LogP contribution in [0.25, 0.3) is 0 Å². The van der Waals surface area contributed by atoms with Crippen LogP contribution >= 0.6 is 0 Å². The predicted octanol–water partition coefficient (Wildman–Crippen LogP) is 5.32. The molecule has 1 spiro atoms. The van der Waals surface area contributed by atoms with E-state index in [2.05, 4.69) is 0 Å². The molecule has 36 heavy (non-hydrogen) atoms. The van der Waals surface area contributed by atoms with Crippen molar-refractivity contribution in [2.45, 2.75) is 102 Å². The molecule has 2 amide bonds. The molecule has 1 aromatic carbocycles. The summed E-state index contributed by atoms with van der Waals surface area (Å²) in [5.74, 6) is -2.38. The van der Waals surface area contributed by atoms with Crippen molar-refractivity contribution in [3.8, 4) is 0 Å². The number of hydrogen-bond donors (Lipinski definition) is 0. The van der Waals surface area contributed by atoms with E-state index in [1.165, 1.54) is 6.07 Å². The van der Waals surface area contributed by atoms with Crippen LogP contribution in [0.3, 0.4) is 0 Å². The second-order valence-corrected chi connectivity index (χ2v) is 12.3. The van der Waals surface area contributed by atoms with Crippen LogP contribution in [0.2, 0.25) is 5.82 Å². The maximum Gasteiger partial charge on any atom is 0.461 e.